The number of rotatable bonds is 6. The van der Waals surface area contributed by atoms with E-state index < -0.39 is 0 Å². The van der Waals surface area contributed by atoms with Crippen LogP contribution in [-0.2, 0) is 0 Å². The van der Waals surface area contributed by atoms with Crippen molar-refractivity contribution in [2.45, 2.75) is 6.42 Å². The van der Waals surface area contributed by atoms with Gasteiger partial charge in [-0.1, -0.05) is 0 Å². The van der Waals surface area contributed by atoms with Crippen LogP contribution < -0.4 is 14.8 Å². The van der Waals surface area contributed by atoms with Crippen LogP contribution in [0.1, 0.15) is 6.42 Å². The highest BCUT2D eigenvalue weighted by molar-refractivity contribution is 5.91. The van der Waals surface area contributed by atoms with Gasteiger partial charge in [-0.2, -0.15) is 0 Å². The van der Waals surface area contributed by atoms with E-state index in [2.05, 4.69) is 15.3 Å². The summed E-state index contributed by atoms with van der Waals surface area (Å²) in [7, 11) is 3.18. The summed E-state index contributed by atoms with van der Waals surface area (Å²) >= 11 is 0. The van der Waals surface area contributed by atoms with Crippen molar-refractivity contribution in [1.82, 2.24) is 9.97 Å². The molecule has 19 heavy (non-hydrogen) atoms. The van der Waals surface area contributed by atoms with E-state index in [4.69, 9.17) is 14.6 Å². The summed E-state index contributed by atoms with van der Waals surface area (Å²) in [6.07, 6.45) is 2.16. The number of fused-ring (bicyclic) bond motifs is 1. The fourth-order valence-corrected chi connectivity index (χ4v) is 1.81. The van der Waals surface area contributed by atoms with Crippen molar-refractivity contribution in [3.05, 3.63) is 18.5 Å². The first-order valence-corrected chi connectivity index (χ1v) is 6.01. The molecule has 0 aliphatic heterocycles. The molecule has 1 heterocycles. The molecule has 0 spiro atoms. The third-order valence-corrected chi connectivity index (χ3v) is 2.77. The van der Waals surface area contributed by atoms with E-state index >= 15 is 0 Å². The van der Waals surface area contributed by atoms with E-state index in [9.17, 15) is 0 Å². The average molecular weight is 263 g/mol. The van der Waals surface area contributed by atoms with Crippen LogP contribution in [0.3, 0.4) is 0 Å². The quantitative estimate of drug-likeness (QED) is 0.768. The molecule has 0 aliphatic rings. The van der Waals surface area contributed by atoms with Gasteiger partial charge in [0, 0.05) is 24.6 Å². The van der Waals surface area contributed by atoms with Gasteiger partial charge >= 0.3 is 0 Å². The molecule has 0 unspecified atom stereocenters. The van der Waals surface area contributed by atoms with Crippen LogP contribution in [0, 0.1) is 0 Å². The first kappa shape index (κ1) is 13.4. The molecule has 0 fully saturated rings. The Labute approximate surface area is 111 Å². The minimum atomic E-state index is 0.146. The molecule has 2 N–H and O–H groups in total. The summed E-state index contributed by atoms with van der Waals surface area (Å²) in [5.74, 6) is 1.99. The molecule has 2 aromatic rings. The molecule has 2 rings (SSSR count). The number of methoxy groups -OCH3 is 2. The lowest BCUT2D eigenvalue weighted by atomic mass is 10.2. The SMILES string of the molecule is COc1cc2ncnc(NCCCO)c2cc1OC. The number of anilines is 1. The Bertz CT molecular complexity index is 560. The third kappa shape index (κ3) is 2.85. The summed E-state index contributed by atoms with van der Waals surface area (Å²) in [5.41, 5.74) is 0.777. The Morgan fingerprint density at radius 2 is 1.89 bits per heavy atom. The zero-order valence-corrected chi connectivity index (χ0v) is 11.0. The molecule has 102 valence electrons. The first-order chi connectivity index (χ1) is 9.30. The number of aliphatic hydroxyl groups excluding tert-OH is 1. The van der Waals surface area contributed by atoms with Crippen molar-refractivity contribution < 1.29 is 14.6 Å². The second kappa shape index (κ2) is 6.19. The van der Waals surface area contributed by atoms with Crippen molar-refractivity contribution in [1.29, 1.82) is 0 Å². The van der Waals surface area contributed by atoms with Crippen LogP contribution in [0.5, 0.6) is 11.5 Å². The van der Waals surface area contributed by atoms with Gasteiger partial charge in [0.1, 0.15) is 12.1 Å². The van der Waals surface area contributed by atoms with E-state index in [1.54, 1.807) is 14.2 Å². The normalized spacial score (nSPS) is 10.5. The number of aromatic nitrogens is 2. The van der Waals surface area contributed by atoms with Gasteiger partial charge in [0.25, 0.3) is 0 Å². The van der Waals surface area contributed by atoms with Crippen LogP contribution in [0.2, 0.25) is 0 Å². The summed E-state index contributed by atoms with van der Waals surface area (Å²) in [6.45, 7) is 0.796. The maximum Gasteiger partial charge on any atom is 0.162 e. The van der Waals surface area contributed by atoms with E-state index in [1.807, 2.05) is 12.1 Å². The number of benzene rings is 1. The predicted molar refractivity (Wildman–Crippen MR) is 72.8 cm³/mol. The second-order valence-electron chi connectivity index (χ2n) is 3.95. The summed E-state index contributed by atoms with van der Waals surface area (Å²) in [6, 6.07) is 3.66. The van der Waals surface area contributed by atoms with Gasteiger partial charge in [0.2, 0.25) is 0 Å². The molecule has 0 saturated heterocycles. The van der Waals surface area contributed by atoms with Crippen molar-refractivity contribution in [2.75, 3.05) is 32.7 Å². The summed E-state index contributed by atoms with van der Waals surface area (Å²) < 4.78 is 10.5. The van der Waals surface area contributed by atoms with Crippen molar-refractivity contribution in [3.8, 4) is 11.5 Å². The maximum absolute atomic E-state index is 8.80. The third-order valence-electron chi connectivity index (χ3n) is 2.77. The molecular weight excluding hydrogens is 246 g/mol. The molecule has 1 aromatic heterocycles. The summed E-state index contributed by atoms with van der Waals surface area (Å²) in [5, 5.41) is 12.8. The maximum atomic E-state index is 8.80. The van der Waals surface area contributed by atoms with E-state index in [0.29, 0.717) is 24.5 Å². The van der Waals surface area contributed by atoms with Crippen LogP contribution in [0.15, 0.2) is 18.5 Å². The number of aliphatic hydroxyl groups is 1. The van der Waals surface area contributed by atoms with Crippen molar-refractivity contribution >= 4 is 16.7 Å². The van der Waals surface area contributed by atoms with Gasteiger partial charge in [0.05, 0.1) is 19.7 Å². The average Bonchev–Trinajstić information content (AvgIpc) is 2.46. The number of nitrogens with one attached hydrogen (secondary N) is 1. The van der Waals surface area contributed by atoms with Gasteiger partial charge in [-0.25, -0.2) is 9.97 Å². The Morgan fingerprint density at radius 1 is 1.16 bits per heavy atom. The van der Waals surface area contributed by atoms with Gasteiger partial charge in [0.15, 0.2) is 11.5 Å². The van der Waals surface area contributed by atoms with Gasteiger partial charge in [-0.3, -0.25) is 0 Å². The van der Waals surface area contributed by atoms with E-state index in [0.717, 1.165) is 16.7 Å². The fourth-order valence-electron chi connectivity index (χ4n) is 1.81. The minimum Gasteiger partial charge on any atom is -0.493 e. The van der Waals surface area contributed by atoms with Crippen LogP contribution in [0.25, 0.3) is 10.9 Å². The summed E-state index contributed by atoms with van der Waals surface area (Å²) in [4.78, 5) is 8.43. The fraction of sp³-hybridized carbons (Fsp3) is 0.385. The zero-order chi connectivity index (χ0) is 13.7. The molecular formula is C13H17N3O3. The van der Waals surface area contributed by atoms with Crippen LogP contribution in [-0.4, -0.2) is 42.4 Å². The van der Waals surface area contributed by atoms with Gasteiger partial charge in [-0.15, -0.1) is 0 Å². The van der Waals surface area contributed by atoms with Crippen LogP contribution >= 0.6 is 0 Å². The lowest BCUT2D eigenvalue weighted by molar-refractivity contribution is 0.292. The lowest BCUT2D eigenvalue weighted by Crippen LogP contribution is -2.06. The largest absolute Gasteiger partial charge is 0.493 e. The lowest BCUT2D eigenvalue weighted by Gasteiger charge is -2.11. The predicted octanol–water partition coefficient (Wildman–Crippen LogP) is 1.44. The first-order valence-electron chi connectivity index (χ1n) is 6.01. The highest BCUT2D eigenvalue weighted by Crippen LogP contribution is 2.33. The Morgan fingerprint density at radius 3 is 2.58 bits per heavy atom. The molecule has 0 amide bonds. The highest BCUT2D eigenvalue weighted by atomic mass is 16.5. The monoisotopic (exact) mass is 263 g/mol. The number of hydrogen-bond acceptors (Lipinski definition) is 6. The van der Waals surface area contributed by atoms with Gasteiger partial charge in [-0.05, 0) is 12.5 Å². The Hall–Kier alpha value is -2.08. The molecule has 6 heteroatoms. The molecule has 1 aromatic carbocycles. The van der Waals surface area contributed by atoms with E-state index in [-0.39, 0.29) is 6.61 Å². The molecule has 0 saturated carbocycles. The van der Waals surface area contributed by atoms with Crippen LogP contribution in [0.4, 0.5) is 5.82 Å². The topological polar surface area (TPSA) is 76.5 Å². The standard InChI is InChI=1S/C13H17N3O3/c1-18-11-6-9-10(7-12(11)19-2)15-8-16-13(9)14-4-3-5-17/h6-8,17H,3-5H2,1-2H3,(H,14,15,16). The van der Waals surface area contributed by atoms with Crippen molar-refractivity contribution in [2.24, 2.45) is 0 Å². The molecule has 0 bridgehead atoms. The van der Waals surface area contributed by atoms with E-state index in [1.165, 1.54) is 6.33 Å². The minimum absolute atomic E-state index is 0.146. The highest BCUT2D eigenvalue weighted by Gasteiger charge is 2.10. The number of hydrogen-bond donors (Lipinski definition) is 2. The zero-order valence-electron chi connectivity index (χ0n) is 11.0. The molecule has 0 atom stereocenters. The number of ether oxygens (including phenoxy) is 2. The van der Waals surface area contributed by atoms with Crippen molar-refractivity contribution in [3.63, 3.8) is 0 Å². The second-order valence-corrected chi connectivity index (χ2v) is 3.95. The Balaban J connectivity index is 2.42. The smallest absolute Gasteiger partial charge is 0.162 e. The molecule has 0 aliphatic carbocycles. The number of nitrogens with zero attached hydrogens (tertiary/aromatic N) is 2. The Kier molecular flexibility index (Phi) is 4.35. The molecule has 6 nitrogen and oxygen atoms in total. The van der Waals surface area contributed by atoms with Gasteiger partial charge < -0.3 is 19.9 Å². The molecule has 0 radical (unpaired) electrons.